The number of hydrogen-bond acceptors (Lipinski definition) is 4. The van der Waals surface area contributed by atoms with Gasteiger partial charge in [0.2, 0.25) is 5.91 Å². The monoisotopic (exact) mass is 380 g/mol. The Balaban J connectivity index is 1.72. The summed E-state index contributed by atoms with van der Waals surface area (Å²) in [5.41, 5.74) is 4.07. The van der Waals surface area contributed by atoms with Crippen LogP contribution in [-0.2, 0) is 11.2 Å². The second kappa shape index (κ2) is 8.17. The molecule has 2 N–H and O–H groups in total. The van der Waals surface area contributed by atoms with E-state index in [1.54, 1.807) is 32.4 Å². The highest BCUT2D eigenvalue weighted by Gasteiger charge is 2.10. The van der Waals surface area contributed by atoms with Gasteiger partial charge in [-0.1, -0.05) is 6.07 Å². The molecule has 6 nitrogen and oxygen atoms in total. The smallest absolute Gasteiger partial charge is 0.251 e. The number of methoxy groups -OCH3 is 2. The number of pyridine rings is 1. The Hall–Kier alpha value is -3.28. The summed E-state index contributed by atoms with van der Waals surface area (Å²) < 4.78 is 10.4. The number of carbonyl (C=O) groups is 1. The maximum Gasteiger partial charge on any atom is 0.251 e. The number of anilines is 1. The maximum absolute atomic E-state index is 12.4. The van der Waals surface area contributed by atoms with Crippen molar-refractivity contribution in [3.05, 3.63) is 63.4 Å². The number of hydrogen-bond donors (Lipinski definition) is 2. The van der Waals surface area contributed by atoms with Crippen LogP contribution in [0.5, 0.6) is 11.5 Å². The number of fused-ring (bicyclic) bond motifs is 1. The lowest BCUT2D eigenvalue weighted by Crippen LogP contribution is -2.17. The molecule has 0 bridgehead atoms. The van der Waals surface area contributed by atoms with E-state index in [1.807, 2.05) is 26.0 Å². The minimum absolute atomic E-state index is 0.156. The first-order chi connectivity index (χ1) is 13.4. The van der Waals surface area contributed by atoms with E-state index in [4.69, 9.17) is 9.47 Å². The second-order valence-electron chi connectivity index (χ2n) is 6.78. The standard InChI is InChI=1S/C22H24N2O4/c1-13-9-14(2)17-11-15(22(26)24-18(17)10-13)5-8-21(25)23-16-6-7-19(27-3)20(12-16)28-4/h6-7,9-12H,5,8H2,1-4H3,(H,23,25)(H,24,26). The Kier molecular flexibility index (Phi) is 5.68. The Morgan fingerprint density at radius 2 is 1.79 bits per heavy atom. The van der Waals surface area contributed by atoms with Crippen molar-refractivity contribution >= 4 is 22.5 Å². The molecule has 0 radical (unpaired) electrons. The Morgan fingerprint density at radius 1 is 1.04 bits per heavy atom. The van der Waals surface area contributed by atoms with Crippen molar-refractivity contribution in [2.75, 3.05) is 19.5 Å². The number of carbonyl (C=O) groups excluding carboxylic acids is 1. The van der Waals surface area contributed by atoms with Gasteiger partial charge < -0.3 is 19.8 Å². The van der Waals surface area contributed by atoms with Gasteiger partial charge in [0.1, 0.15) is 0 Å². The molecule has 0 aliphatic carbocycles. The number of rotatable bonds is 6. The topological polar surface area (TPSA) is 80.4 Å². The molecule has 1 heterocycles. The number of H-pyrrole nitrogens is 1. The zero-order valence-electron chi connectivity index (χ0n) is 16.5. The molecule has 0 saturated carbocycles. The maximum atomic E-state index is 12.4. The summed E-state index contributed by atoms with van der Waals surface area (Å²) in [5, 5.41) is 3.83. The SMILES string of the molecule is COc1ccc(NC(=O)CCc2cc3c(C)cc(C)cc3[nH]c2=O)cc1OC. The van der Waals surface area contributed by atoms with Gasteiger partial charge in [-0.2, -0.15) is 0 Å². The first-order valence-electron chi connectivity index (χ1n) is 9.06. The van der Waals surface area contributed by atoms with Gasteiger partial charge in [0, 0.05) is 34.6 Å². The molecule has 0 fully saturated rings. The highest BCUT2D eigenvalue weighted by Crippen LogP contribution is 2.29. The van der Waals surface area contributed by atoms with Crippen LogP contribution in [0.1, 0.15) is 23.1 Å². The van der Waals surface area contributed by atoms with Crippen LogP contribution in [0.4, 0.5) is 5.69 Å². The number of amides is 1. The van der Waals surface area contributed by atoms with Crippen molar-refractivity contribution in [2.45, 2.75) is 26.7 Å². The number of nitrogens with one attached hydrogen (secondary N) is 2. The molecular formula is C22H24N2O4. The van der Waals surface area contributed by atoms with Crippen molar-refractivity contribution in [1.29, 1.82) is 0 Å². The predicted octanol–water partition coefficient (Wildman–Crippen LogP) is 3.73. The summed E-state index contributed by atoms with van der Waals surface area (Å²) in [4.78, 5) is 27.6. The van der Waals surface area contributed by atoms with Crippen molar-refractivity contribution in [1.82, 2.24) is 4.98 Å². The quantitative estimate of drug-likeness (QED) is 0.683. The second-order valence-corrected chi connectivity index (χ2v) is 6.78. The first-order valence-corrected chi connectivity index (χ1v) is 9.06. The van der Waals surface area contributed by atoms with Gasteiger partial charge in [0.05, 0.1) is 14.2 Å². The normalized spacial score (nSPS) is 10.7. The van der Waals surface area contributed by atoms with E-state index in [1.165, 1.54) is 0 Å². The van der Waals surface area contributed by atoms with E-state index in [-0.39, 0.29) is 17.9 Å². The van der Waals surface area contributed by atoms with E-state index >= 15 is 0 Å². The molecule has 3 aromatic rings. The molecule has 28 heavy (non-hydrogen) atoms. The van der Waals surface area contributed by atoms with E-state index in [0.29, 0.717) is 29.2 Å². The lowest BCUT2D eigenvalue weighted by atomic mass is 10.0. The Morgan fingerprint density at radius 3 is 2.50 bits per heavy atom. The Labute approximate surface area is 163 Å². The van der Waals surface area contributed by atoms with Crippen molar-refractivity contribution in [3.63, 3.8) is 0 Å². The van der Waals surface area contributed by atoms with Crippen LogP contribution < -0.4 is 20.3 Å². The molecule has 2 aromatic carbocycles. The van der Waals surface area contributed by atoms with Crippen molar-refractivity contribution in [3.8, 4) is 11.5 Å². The van der Waals surface area contributed by atoms with Crippen LogP contribution in [0.15, 0.2) is 41.2 Å². The summed E-state index contributed by atoms with van der Waals surface area (Å²) >= 11 is 0. The predicted molar refractivity (Wildman–Crippen MR) is 111 cm³/mol. The van der Waals surface area contributed by atoms with Crippen LogP contribution in [0.2, 0.25) is 0 Å². The minimum Gasteiger partial charge on any atom is -0.493 e. The third-order valence-electron chi connectivity index (χ3n) is 4.68. The number of aryl methyl sites for hydroxylation is 3. The largest absolute Gasteiger partial charge is 0.493 e. The molecule has 6 heteroatoms. The lowest BCUT2D eigenvalue weighted by Gasteiger charge is -2.11. The van der Waals surface area contributed by atoms with Gasteiger partial charge in [-0.25, -0.2) is 0 Å². The summed E-state index contributed by atoms with van der Waals surface area (Å²) in [6.45, 7) is 4.01. The molecule has 0 unspecified atom stereocenters. The van der Waals surface area contributed by atoms with E-state index in [0.717, 1.165) is 22.0 Å². The van der Waals surface area contributed by atoms with Crippen LogP contribution in [0.25, 0.3) is 10.9 Å². The van der Waals surface area contributed by atoms with Crippen molar-refractivity contribution < 1.29 is 14.3 Å². The van der Waals surface area contributed by atoms with Crippen LogP contribution in [-0.4, -0.2) is 25.1 Å². The molecule has 0 atom stereocenters. The van der Waals surface area contributed by atoms with Crippen LogP contribution in [0, 0.1) is 13.8 Å². The first kappa shape index (κ1) is 19.5. The number of benzene rings is 2. The van der Waals surface area contributed by atoms with E-state index in [9.17, 15) is 9.59 Å². The van der Waals surface area contributed by atoms with E-state index in [2.05, 4.69) is 16.4 Å². The fourth-order valence-electron chi connectivity index (χ4n) is 3.29. The third kappa shape index (κ3) is 4.17. The van der Waals surface area contributed by atoms with Gasteiger partial charge in [-0.15, -0.1) is 0 Å². The fraction of sp³-hybridized carbons (Fsp3) is 0.273. The zero-order chi connectivity index (χ0) is 20.3. The Bertz CT molecular complexity index is 1090. The van der Waals surface area contributed by atoms with Gasteiger partial charge in [-0.05, 0) is 55.7 Å². The van der Waals surface area contributed by atoms with Gasteiger partial charge >= 0.3 is 0 Å². The highest BCUT2D eigenvalue weighted by molar-refractivity contribution is 5.91. The summed E-state index contributed by atoms with van der Waals surface area (Å²) in [6, 6.07) is 11.1. The molecule has 1 aromatic heterocycles. The van der Waals surface area contributed by atoms with Crippen LogP contribution >= 0.6 is 0 Å². The van der Waals surface area contributed by atoms with Crippen molar-refractivity contribution in [2.24, 2.45) is 0 Å². The molecule has 0 aliphatic rings. The molecule has 0 saturated heterocycles. The van der Waals surface area contributed by atoms with E-state index < -0.39 is 0 Å². The molecule has 0 spiro atoms. The molecule has 0 aliphatic heterocycles. The average Bonchev–Trinajstić information content (AvgIpc) is 2.66. The number of aromatic amines is 1. The highest BCUT2D eigenvalue weighted by atomic mass is 16.5. The molecule has 146 valence electrons. The fourth-order valence-corrected chi connectivity index (χ4v) is 3.29. The third-order valence-corrected chi connectivity index (χ3v) is 4.68. The molecular weight excluding hydrogens is 356 g/mol. The van der Waals surface area contributed by atoms with Gasteiger partial charge in [0.15, 0.2) is 11.5 Å². The number of aromatic nitrogens is 1. The summed E-state index contributed by atoms with van der Waals surface area (Å²) in [5.74, 6) is 0.957. The van der Waals surface area contributed by atoms with Gasteiger partial charge in [-0.3, -0.25) is 9.59 Å². The molecule has 1 amide bonds. The number of ether oxygens (including phenoxy) is 2. The average molecular weight is 380 g/mol. The molecule has 3 rings (SSSR count). The van der Waals surface area contributed by atoms with Crippen LogP contribution in [0.3, 0.4) is 0 Å². The van der Waals surface area contributed by atoms with Gasteiger partial charge in [0.25, 0.3) is 5.56 Å². The minimum atomic E-state index is -0.174. The zero-order valence-corrected chi connectivity index (χ0v) is 16.5. The lowest BCUT2D eigenvalue weighted by molar-refractivity contribution is -0.116. The summed E-state index contributed by atoms with van der Waals surface area (Å²) in [6.07, 6.45) is 0.561. The summed E-state index contributed by atoms with van der Waals surface area (Å²) in [7, 11) is 3.10.